The highest BCUT2D eigenvalue weighted by atomic mass is 16.2. The number of aromatic nitrogens is 2. The van der Waals surface area contributed by atoms with Crippen LogP contribution in [0.15, 0.2) is 85.2 Å². The lowest BCUT2D eigenvalue weighted by Crippen LogP contribution is -2.31. The Morgan fingerprint density at radius 3 is 2.14 bits per heavy atom. The minimum Gasteiger partial charge on any atom is -0.334 e. The molecular weight excluding hydrogens is 346 g/mol. The molecule has 0 radical (unpaired) electrons. The van der Waals surface area contributed by atoms with Crippen molar-refractivity contribution in [3.8, 4) is 0 Å². The van der Waals surface area contributed by atoms with E-state index in [1.807, 2.05) is 77.1 Å². The number of rotatable bonds is 6. The predicted octanol–water partition coefficient (Wildman–Crippen LogP) is 4.41. The van der Waals surface area contributed by atoms with E-state index in [0.29, 0.717) is 19.5 Å². The highest BCUT2D eigenvalue weighted by Gasteiger charge is 2.17. The molecule has 2 heterocycles. The van der Waals surface area contributed by atoms with E-state index in [1.165, 1.54) is 0 Å². The van der Waals surface area contributed by atoms with Crippen molar-refractivity contribution in [2.75, 3.05) is 0 Å². The van der Waals surface area contributed by atoms with Crippen LogP contribution in [-0.2, 0) is 24.3 Å². The van der Waals surface area contributed by atoms with Gasteiger partial charge in [-0.1, -0.05) is 60.7 Å². The molecule has 0 saturated carbocycles. The molecular formula is C24H23N3O. The van der Waals surface area contributed by atoms with E-state index in [-0.39, 0.29) is 5.91 Å². The van der Waals surface area contributed by atoms with E-state index < -0.39 is 0 Å². The zero-order chi connectivity index (χ0) is 19.3. The van der Waals surface area contributed by atoms with Crippen LogP contribution in [0.4, 0.5) is 0 Å². The molecule has 4 aromatic rings. The molecule has 28 heavy (non-hydrogen) atoms. The van der Waals surface area contributed by atoms with E-state index in [4.69, 9.17) is 0 Å². The minimum absolute atomic E-state index is 0.0767. The number of fused-ring (bicyclic) bond motifs is 1. The molecule has 1 amide bonds. The normalized spacial score (nSPS) is 10.9. The summed E-state index contributed by atoms with van der Waals surface area (Å²) in [5, 5.41) is 0. The van der Waals surface area contributed by atoms with Gasteiger partial charge < -0.3 is 9.30 Å². The summed E-state index contributed by atoms with van der Waals surface area (Å²) in [4.78, 5) is 19.7. The Morgan fingerprint density at radius 1 is 0.929 bits per heavy atom. The Labute approximate surface area is 165 Å². The molecule has 0 aliphatic heterocycles. The predicted molar refractivity (Wildman–Crippen MR) is 111 cm³/mol. The summed E-state index contributed by atoms with van der Waals surface area (Å²) in [6.07, 6.45) is 4.22. The van der Waals surface area contributed by atoms with E-state index in [0.717, 1.165) is 28.0 Å². The average Bonchev–Trinajstić information content (AvgIpc) is 3.10. The number of hydrogen-bond acceptors (Lipinski definition) is 2. The quantitative estimate of drug-likeness (QED) is 0.505. The standard InChI is InChI=1S/C24H23N3O/c1-19-12-13-26-18-22(25-23(26)14-19)15-24(28)27(16-20-8-4-2-5-9-20)17-21-10-6-3-7-11-21/h2-14,18H,15-17H2,1H3. The van der Waals surface area contributed by atoms with Crippen LogP contribution in [0.2, 0.25) is 0 Å². The fourth-order valence-corrected chi connectivity index (χ4v) is 3.33. The van der Waals surface area contributed by atoms with E-state index >= 15 is 0 Å². The second-order valence-electron chi connectivity index (χ2n) is 7.10. The van der Waals surface area contributed by atoms with Gasteiger partial charge in [-0.15, -0.1) is 0 Å². The third kappa shape index (κ3) is 4.29. The van der Waals surface area contributed by atoms with Crippen LogP contribution in [0, 0.1) is 6.92 Å². The Balaban J connectivity index is 1.55. The highest BCUT2D eigenvalue weighted by Crippen LogP contribution is 2.14. The van der Waals surface area contributed by atoms with Crippen molar-refractivity contribution in [2.24, 2.45) is 0 Å². The van der Waals surface area contributed by atoms with Crippen LogP contribution in [-0.4, -0.2) is 20.2 Å². The van der Waals surface area contributed by atoms with Crippen molar-refractivity contribution >= 4 is 11.6 Å². The van der Waals surface area contributed by atoms with Gasteiger partial charge in [0.2, 0.25) is 5.91 Å². The van der Waals surface area contributed by atoms with E-state index in [1.54, 1.807) is 0 Å². The van der Waals surface area contributed by atoms with Crippen LogP contribution in [0.1, 0.15) is 22.4 Å². The maximum atomic E-state index is 13.1. The van der Waals surface area contributed by atoms with Gasteiger partial charge >= 0.3 is 0 Å². The molecule has 4 nitrogen and oxygen atoms in total. The molecule has 0 aliphatic rings. The largest absolute Gasteiger partial charge is 0.334 e. The summed E-state index contributed by atoms with van der Waals surface area (Å²) in [6.45, 7) is 3.21. The van der Waals surface area contributed by atoms with Crippen molar-refractivity contribution in [1.82, 2.24) is 14.3 Å². The van der Waals surface area contributed by atoms with Crippen LogP contribution >= 0.6 is 0 Å². The summed E-state index contributed by atoms with van der Waals surface area (Å²) in [5.74, 6) is 0.0767. The number of carbonyl (C=O) groups is 1. The Morgan fingerprint density at radius 2 is 1.54 bits per heavy atom. The van der Waals surface area contributed by atoms with Gasteiger partial charge in [0, 0.05) is 25.5 Å². The smallest absolute Gasteiger partial charge is 0.229 e. The number of pyridine rings is 1. The molecule has 0 aliphatic carbocycles. The number of nitrogens with zero attached hydrogens (tertiary/aromatic N) is 3. The van der Waals surface area contributed by atoms with Gasteiger partial charge in [0.25, 0.3) is 0 Å². The lowest BCUT2D eigenvalue weighted by atomic mass is 10.1. The molecule has 0 spiro atoms. The van der Waals surface area contributed by atoms with Gasteiger partial charge in [-0.3, -0.25) is 4.79 Å². The monoisotopic (exact) mass is 369 g/mol. The highest BCUT2D eigenvalue weighted by molar-refractivity contribution is 5.78. The summed E-state index contributed by atoms with van der Waals surface area (Å²) in [6, 6.07) is 24.3. The second kappa shape index (κ2) is 8.09. The summed E-state index contributed by atoms with van der Waals surface area (Å²) in [7, 11) is 0. The van der Waals surface area contributed by atoms with Gasteiger partial charge in [0.15, 0.2) is 0 Å². The SMILES string of the molecule is Cc1ccn2cc(CC(=O)N(Cc3ccccc3)Cc3ccccc3)nc2c1. The van der Waals surface area contributed by atoms with Gasteiger partial charge in [-0.2, -0.15) is 0 Å². The molecule has 2 aromatic heterocycles. The molecule has 0 saturated heterocycles. The summed E-state index contributed by atoms with van der Waals surface area (Å²) >= 11 is 0. The molecule has 0 bridgehead atoms. The van der Waals surface area contributed by atoms with E-state index in [2.05, 4.69) is 29.2 Å². The minimum atomic E-state index is 0.0767. The number of benzene rings is 2. The average molecular weight is 369 g/mol. The Hall–Kier alpha value is -3.40. The lowest BCUT2D eigenvalue weighted by Gasteiger charge is -2.23. The zero-order valence-corrected chi connectivity index (χ0v) is 16.0. The first-order valence-electron chi connectivity index (χ1n) is 9.47. The number of imidazole rings is 1. The number of carbonyl (C=O) groups excluding carboxylic acids is 1. The first kappa shape index (κ1) is 18.0. The molecule has 140 valence electrons. The summed E-state index contributed by atoms with van der Waals surface area (Å²) in [5.41, 5.74) is 5.07. The van der Waals surface area contributed by atoms with Crippen molar-refractivity contribution in [2.45, 2.75) is 26.4 Å². The van der Waals surface area contributed by atoms with Gasteiger partial charge in [-0.25, -0.2) is 4.98 Å². The molecule has 0 N–H and O–H groups in total. The fraction of sp³-hybridized carbons (Fsp3) is 0.167. The Bertz CT molecular complexity index is 1030. The van der Waals surface area contributed by atoms with Gasteiger partial charge in [0.05, 0.1) is 12.1 Å². The van der Waals surface area contributed by atoms with Crippen LogP contribution < -0.4 is 0 Å². The fourth-order valence-electron chi connectivity index (χ4n) is 3.33. The van der Waals surface area contributed by atoms with Crippen LogP contribution in [0.5, 0.6) is 0 Å². The van der Waals surface area contributed by atoms with Crippen LogP contribution in [0.25, 0.3) is 5.65 Å². The zero-order valence-electron chi connectivity index (χ0n) is 16.0. The number of hydrogen-bond donors (Lipinski definition) is 0. The molecule has 4 heteroatoms. The van der Waals surface area contributed by atoms with Crippen molar-refractivity contribution in [1.29, 1.82) is 0 Å². The molecule has 0 unspecified atom stereocenters. The third-order valence-electron chi connectivity index (χ3n) is 4.78. The van der Waals surface area contributed by atoms with Crippen molar-refractivity contribution in [3.63, 3.8) is 0 Å². The lowest BCUT2D eigenvalue weighted by molar-refractivity contribution is -0.131. The van der Waals surface area contributed by atoms with Crippen molar-refractivity contribution in [3.05, 3.63) is 108 Å². The van der Waals surface area contributed by atoms with Gasteiger partial charge in [-0.05, 0) is 35.7 Å². The van der Waals surface area contributed by atoms with Gasteiger partial charge in [0.1, 0.15) is 5.65 Å². The number of aryl methyl sites for hydroxylation is 1. The first-order valence-corrected chi connectivity index (χ1v) is 9.47. The maximum absolute atomic E-state index is 13.1. The first-order chi connectivity index (χ1) is 13.7. The Kier molecular flexibility index (Phi) is 5.20. The number of amides is 1. The van der Waals surface area contributed by atoms with Crippen molar-refractivity contribution < 1.29 is 4.79 Å². The van der Waals surface area contributed by atoms with E-state index in [9.17, 15) is 4.79 Å². The van der Waals surface area contributed by atoms with Crippen LogP contribution in [0.3, 0.4) is 0 Å². The topological polar surface area (TPSA) is 37.6 Å². The third-order valence-corrected chi connectivity index (χ3v) is 4.78. The summed E-state index contributed by atoms with van der Waals surface area (Å²) < 4.78 is 1.97. The molecule has 0 atom stereocenters. The molecule has 2 aromatic carbocycles. The molecule has 0 fully saturated rings. The molecule has 4 rings (SSSR count). The second-order valence-corrected chi connectivity index (χ2v) is 7.10. The maximum Gasteiger partial charge on any atom is 0.229 e.